The molecule has 7 heteroatoms. The molecule has 16 heavy (non-hydrogen) atoms. The van der Waals surface area contributed by atoms with E-state index in [1.165, 1.54) is 0 Å². The Kier molecular flexibility index (Phi) is 3.61. The van der Waals surface area contributed by atoms with Crippen LogP contribution in [0, 0.1) is 5.82 Å². The standard InChI is InChI=1S/C9H11FN2O3S/c10-6-1-3-7(4-2-6)16(14,15)5-8(11)9(12)13/h1-4,8H,5,11H2,(H2,12,13). The largest absolute Gasteiger partial charge is 0.368 e. The third kappa shape index (κ3) is 3.01. The Morgan fingerprint density at radius 2 is 1.81 bits per heavy atom. The van der Waals surface area contributed by atoms with E-state index in [9.17, 15) is 17.6 Å². The number of nitrogens with two attached hydrogens (primary N) is 2. The first kappa shape index (κ1) is 12.6. The molecule has 0 aliphatic rings. The smallest absolute Gasteiger partial charge is 0.235 e. The molecule has 4 N–H and O–H groups in total. The lowest BCUT2D eigenvalue weighted by molar-refractivity contribution is -0.118. The lowest BCUT2D eigenvalue weighted by Crippen LogP contribution is -2.41. The number of hydrogen-bond donors (Lipinski definition) is 2. The number of halogens is 1. The van der Waals surface area contributed by atoms with Gasteiger partial charge in [-0.15, -0.1) is 0 Å². The Hall–Kier alpha value is -1.47. The molecule has 0 fully saturated rings. The molecule has 0 aromatic heterocycles. The predicted molar refractivity (Wildman–Crippen MR) is 55.6 cm³/mol. The van der Waals surface area contributed by atoms with Gasteiger partial charge in [0.25, 0.3) is 0 Å². The van der Waals surface area contributed by atoms with Crippen LogP contribution < -0.4 is 11.5 Å². The maximum absolute atomic E-state index is 12.6. The van der Waals surface area contributed by atoms with Gasteiger partial charge in [-0.3, -0.25) is 4.79 Å². The Bertz CT molecular complexity index is 484. The third-order valence-electron chi connectivity index (χ3n) is 1.94. The molecule has 0 aliphatic carbocycles. The van der Waals surface area contributed by atoms with Crippen LogP contribution in [0.5, 0.6) is 0 Å². The molecule has 1 unspecified atom stereocenters. The van der Waals surface area contributed by atoms with E-state index in [1.807, 2.05) is 0 Å². The van der Waals surface area contributed by atoms with Crippen LogP contribution in [0.3, 0.4) is 0 Å². The molecule has 0 radical (unpaired) electrons. The van der Waals surface area contributed by atoms with Gasteiger partial charge in [-0.2, -0.15) is 0 Å². The van der Waals surface area contributed by atoms with E-state index in [2.05, 4.69) is 0 Å². The van der Waals surface area contributed by atoms with Gasteiger partial charge in [-0.1, -0.05) is 0 Å². The zero-order valence-corrected chi connectivity index (χ0v) is 9.08. The van der Waals surface area contributed by atoms with E-state index in [0.29, 0.717) is 0 Å². The van der Waals surface area contributed by atoms with Crippen molar-refractivity contribution >= 4 is 15.7 Å². The minimum atomic E-state index is -3.71. The second-order valence-corrected chi connectivity index (χ2v) is 5.28. The Morgan fingerprint density at radius 1 is 1.31 bits per heavy atom. The summed E-state index contributed by atoms with van der Waals surface area (Å²) in [5, 5.41) is 0. The van der Waals surface area contributed by atoms with Crippen LogP contribution in [0.25, 0.3) is 0 Å². The van der Waals surface area contributed by atoms with Crippen LogP contribution in [0.4, 0.5) is 4.39 Å². The van der Waals surface area contributed by atoms with E-state index >= 15 is 0 Å². The van der Waals surface area contributed by atoms with Crippen molar-refractivity contribution in [2.24, 2.45) is 11.5 Å². The minimum absolute atomic E-state index is 0.0920. The fraction of sp³-hybridized carbons (Fsp3) is 0.222. The fourth-order valence-corrected chi connectivity index (χ4v) is 2.44. The molecule has 0 spiro atoms. The normalized spacial score (nSPS) is 13.4. The van der Waals surface area contributed by atoms with E-state index in [1.54, 1.807) is 0 Å². The SMILES string of the molecule is NC(=O)C(N)CS(=O)(=O)c1ccc(F)cc1. The van der Waals surface area contributed by atoms with Crippen LogP contribution in [0.15, 0.2) is 29.2 Å². The van der Waals surface area contributed by atoms with Crippen molar-refractivity contribution in [3.05, 3.63) is 30.1 Å². The molecule has 0 bridgehead atoms. The van der Waals surface area contributed by atoms with Crippen molar-refractivity contribution in [3.8, 4) is 0 Å². The minimum Gasteiger partial charge on any atom is -0.368 e. The molecule has 1 rings (SSSR count). The fourth-order valence-electron chi connectivity index (χ4n) is 1.06. The highest BCUT2D eigenvalue weighted by Gasteiger charge is 2.21. The van der Waals surface area contributed by atoms with Gasteiger partial charge >= 0.3 is 0 Å². The second-order valence-electron chi connectivity index (χ2n) is 3.24. The molecular formula is C9H11FN2O3S. The average molecular weight is 246 g/mol. The summed E-state index contributed by atoms with van der Waals surface area (Å²) >= 11 is 0. The number of amides is 1. The lowest BCUT2D eigenvalue weighted by Gasteiger charge is -2.08. The third-order valence-corrected chi connectivity index (χ3v) is 3.73. The van der Waals surface area contributed by atoms with Crippen molar-refractivity contribution < 1.29 is 17.6 Å². The highest BCUT2D eigenvalue weighted by atomic mass is 32.2. The van der Waals surface area contributed by atoms with E-state index < -0.39 is 33.4 Å². The number of sulfone groups is 1. The zero-order valence-electron chi connectivity index (χ0n) is 8.26. The summed E-state index contributed by atoms with van der Waals surface area (Å²) in [6.07, 6.45) is 0. The van der Waals surface area contributed by atoms with Gasteiger partial charge in [0.15, 0.2) is 9.84 Å². The van der Waals surface area contributed by atoms with Gasteiger partial charge in [0.05, 0.1) is 16.7 Å². The number of primary amides is 1. The van der Waals surface area contributed by atoms with Gasteiger partial charge in [0.2, 0.25) is 5.91 Å². The molecule has 1 amide bonds. The van der Waals surface area contributed by atoms with Crippen LogP contribution >= 0.6 is 0 Å². The van der Waals surface area contributed by atoms with Crippen LogP contribution in [0.1, 0.15) is 0 Å². The topological polar surface area (TPSA) is 103 Å². The number of benzene rings is 1. The van der Waals surface area contributed by atoms with Gasteiger partial charge < -0.3 is 11.5 Å². The van der Waals surface area contributed by atoms with Crippen LogP contribution in [0.2, 0.25) is 0 Å². The Labute approximate surface area is 92.2 Å². The summed E-state index contributed by atoms with van der Waals surface area (Å²) in [4.78, 5) is 10.5. The molecule has 88 valence electrons. The number of carbonyl (C=O) groups is 1. The monoisotopic (exact) mass is 246 g/mol. The molecule has 0 saturated heterocycles. The number of hydrogen-bond acceptors (Lipinski definition) is 4. The van der Waals surface area contributed by atoms with Crippen LogP contribution in [-0.4, -0.2) is 26.1 Å². The van der Waals surface area contributed by atoms with E-state index in [-0.39, 0.29) is 4.90 Å². The quantitative estimate of drug-likeness (QED) is 0.693. The zero-order chi connectivity index (χ0) is 12.3. The Balaban J connectivity index is 2.94. The first-order valence-electron chi connectivity index (χ1n) is 4.36. The van der Waals surface area contributed by atoms with Gasteiger partial charge in [0.1, 0.15) is 5.82 Å². The maximum atomic E-state index is 12.6. The molecule has 0 heterocycles. The van der Waals surface area contributed by atoms with Gasteiger partial charge in [0, 0.05) is 0 Å². The molecular weight excluding hydrogens is 235 g/mol. The molecule has 1 atom stereocenters. The van der Waals surface area contributed by atoms with Crippen molar-refractivity contribution in [2.75, 3.05) is 5.75 Å². The molecule has 0 saturated carbocycles. The molecule has 1 aromatic carbocycles. The summed E-state index contributed by atoms with van der Waals surface area (Å²) in [6, 6.07) is 2.98. The lowest BCUT2D eigenvalue weighted by atomic mass is 10.3. The summed E-state index contributed by atoms with van der Waals surface area (Å²) in [5.74, 6) is -2.03. The number of rotatable bonds is 4. The Morgan fingerprint density at radius 3 is 2.25 bits per heavy atom. The van der Waals surface area contributed by atoms with Crippen molar-refractivity contribution in [3.63, 3.8) is 0 Å². The van der Waals surface area contributed by atoms with Crippen molar-refractivity contribution in [2.45, 2.75) is 10.9 Å². The summed E-state index contributed by atoms with van der Waals surface area (Å²) in [7, 11) is -3.71. The summed E-state index contributed by atoms with van der Waals surface area (Å²) in [6.45, 7) is 0. The molecule has 1 aromatic rings. The summed E-state index contributed by atoms with van der Waals surface area (Å²) in [5.41, 5.74) is 10.1. The number of carbonyl (C=O) groups excluding carboxylic acids is 1. The van der Waals surface area contributed by atoms with E-state index in [0.717, 1.165) is 24.3 Å². The average Bonchev–Trinajstić information content (AvgIpc) is 2.17. The first-order valence-corrected chi connectivity index (χ1v) is 6.01. The molecule has 0 aliphatic heterocycles. The van der Waals surface area contributed by atoms with Gasteiger partial charge in [-0.05, 0) is 24.3 Å². The summed E-state index contributed by atoms with van der Waals surface area (Å²) < 4.78 is 35.9. The van der Waals surface area contributed by atoms with Gasteiger partial charge in [-0.25, -0.2) is 12.8 Å². The highest BCUT2D eigenvalue weighted by molar-refractivity contribution is 7.91. The maximum Gasteiger partial charge on any atom is 0.235 e. The van der Waals surface area contributed by atoms with E-state index in [4.69, 9.17) is 11.5 Å². The van der Waals surface area contributed by atoms with Crippen molar-refractivity contribution in [1.29, 1.82) is 0 Å². The van der Waals surface area contributed by atoms with Crippen molar-refractivity contribution in [1.82, 2.24) is 0 Å². The molecule has 5 nitrogen and oxygen atoms in total. The van der Waals surface area contributed by atoms with Crippen LogP contribution in [-0.2, 0) is 14.6 Å². The predicted octanol–water partition coefficient (Wildman–Crippen LogP) is -0.588. The second kappa shape index (κ2) is 4.58. The highest BCUT2D eigenvalue weighted by Crippen LogP contribution is 2.12. The first-order chi connectivity index (χ1) is 7.33.